The molecule has 4 rings (SSSR count). The number of esters is 1. The molecular formula is C15H25NO2. The molecule has 0 spiro atoms. The number of carbonyl (C=O) groups is 1. The van der Waals surface area contributed by atoms with E-state index in [2.05, 4.69) is 10.1 Å². The van der Waals surface area contributed by atoms with E-state index in [1.165, 1.54) is 45.6 Å². The van der Waals surface area contributed by atoms with Crippen LogP contribution >= 0.6 is 0 Å². The number of carbonyl (C=O) groups excluding carboxylic acids is 1. The van der Waals surface area contributed by atoms with Gasteiger partial charge in [0, 0.05) is 12.0 Å². The van der Waals surface area contributed by atoms with E-state index >= 15 is 0 Å². The third-order valence-electron chi connectivity index (χ3n) is 5.32. The van der Waals surface area contributed by atoms with E-state index in [1.54, 1.807) is 0 Å². The Hall–Kier alpha value is -0.570. The maximum atomic E-state index is 11.1. The van der Waals surface area contributed by atoms with Crippen molar-refractivity contribution >= 4 is 5.97 Å². The van der Waals surface area contributed by atoms with Crippen molar-refractivity contribution in [3.05, 3.63) is 0 Å². The van der Waals surface area contributed by atoms with Gasteiger partial charge in [0.15, 0.2) is 0 Å². The summed E-state index contributed by atoms with van der Waals surface area (Å²) < 4.78 is 4.68. The van der Waals surface area contributed by atoms with E-state index in [0.717, 1.165) is 30.7 Å². The van der Waals surface area contributed by atoms with E-state index in [4.69, 9.17) is 0 Å². The second-order valence-electron chi connectivity index (χ2n) is 6.80. The van der Waals surface area contributed by atoms with Gasteiger partial charge in [-0.2, -0.15) is 0 Å². The molecule has 0 aromatic heterocycles. The van der Waals surface area contributed by atoms with E-state index in [1.807, 2.05) is 0 Å². The molecule has 4 aliphatic carbocycles. The molecule has 4 fully saturated rings. The highest BCUT2D eigenvalue weighted by atomic mass is 16.5. The fourth-order valence-corrected chi connectivity index (χ4v) is 5.02. The molecule has 0 unspecified atom stereocenters. The first kappa shape index (κ1) is 12.5. The molecule has 4 bridgehead atoms. The van der Waals surface area contributed by atoms with Crippen LogP contribution in [0.1, 0.15) is 51.4 Å². The summed E-state index contributed by atoms with van der Waals surface area (Å²) >= 11 is 0. The molecule has 102 valence electrons. The number of nitrogens with one attached hydrogen (secondary N) is 1. The molecule has 18 heavy (non-hydrogen) atoms. The third kappa shape index (κ3) is 2.42. The lowest BCUT2D eigenvalue weighted by atomic mass is 9.53. The SMILES string of the molecule is COC(=O)CCCNC12CC3CC(CC(C3)C1)C2. The van der Waals surface area contributed by atoms with Crippen LogP contribution in [0.3, 0.4) is 0 Å². The molecule has 3 heteroatoms. The van der Waals surface area contributed by atoms with Crippen LogP contribution in [0.25, 0.3) is 0 Å². The quantitative estimate of drug-likeness (QED) is 0.602. The molecule has 0 atom stereocenters. The maximum Gasteiger partial charge on any atom is 0.305 e. The Kier molecular flexibility index (Phi) is 3.35. The number of hydrogen-bond donors (Lipinski definition) is 1. The molecule has 0 radical (unpaired) electrons. The van der Waals surface area contributed by atoms with Gasteiger partial charge in [0.1, 0.15) is 0 Å². The summed E-state index contributed by atoms with van der Waals surface area (Å²) in [6.07, 6.45) is 10.1. The monoisotopic (exact) mass is 251 g/mol. The Bertz CT molecular complexity index is 291. The van der Waals surface area contributed by atoms with Crippen LogP contribution in [-0.4, -0.2) is 25.2 Å². The fraction of sp³-hybridized carbons (Fsp3) is 0.933. The summed E-state index contributed by atoms with van der Waals surface area (Å²) in [4.78, 5) is 11.1. The molecule has 0 aromatic rings. The van der Waals surface area contributed by atoms with E-state index < -0.39 is 0 Å². The minimum atomic E-state index is -0.0812. The van der Waals surface area contributed by atoms with Crippen molar-refractivity contribution in [1.82, 2.24) is 5.32 Å². The largest absolute Gasteiger partial charge is 0.469 e. The van der Waals surface area contributed by atoms with Crippen LogP contribution in [-0.2, 0) is 9.53 Å². The zero-order valence-corrected chi connectivity index (χ0v) is 11.4. The van der Waals surface area contributed by atoms with Gasteiger partial charge in [-0.15, -0.1) is 0 Å². The van der Waals surface area contributed by atoms with Crippen molar-refractivity contribution in [2.75, 3.05) is 13.7 Å². The topological polar surface area (TPSA) is 38.3 Å². The highest BCUT2D eigenvalue weighted by molar-refractivity contribution is 5.69. The van der Waals surface area contributed by atoms with Crippen LogP contribution in [0.4, 0.5) is 0 Å². The van der Waals surface area contributed by atoms with Crippen LogP contribution < -0.4 is 5.32 Å². The summed E-state index contributed by atoms with van der Waals surface area (Å²) in [5, 5.41) is 3.80. The summed E-state index contributed by atoms with van der Waals surface area (Å²) in [6.45, 7) is 0.973. The molecule has 3 nitrogen and oxygen atoms in total. The molecule has 0 saturated heterocycles. The summed E-state index contributed by atoms with van der Waals surface area (Å²) in [6, 6.07) is 0. The van der Waals surface area contributed by atoms with Crippen molar-refractivity contribution in [2.45, 2.75) is 56.9 Å². The molecule has 4 saturated carbocycles. The second-order valence-corrected chi connectivity index (χ2v) is 6.80. The molecular weight excluding hydrogens is 226 g/mol. The van der Waals surface area contributed by atoms with E-state index in [-0.39, 0.29) is 5.97 Å². The van der Waals surface area contributed by atoms with Gasteiger partial charge >= 0.3 is 5.97 Å². The van der Waals surface area contributed by atoms with Crippen molar-refractivity contribution < 1.29 is 9.53 Å². The second kappa shape index (κ2) is 4.84. The van der Waals surface area contributed by atoms with Crippen molar-refractivity contribution in [2.24, 2.45) is 17.8 Å². The summed E-state index contributed by atoms with van der Waals surface area (Å²) in [5.41, 5.74) is 0.435. The maximum absolute atomic E-state index is 11.1. The molecule has 0 amide bonds. The Morgan fingerprint density at radius 1 is 1.17 bits per heavy atom. The Morgan fingerprint density at radius 2 is 1.72 bits per heavy atom. The summed E-state index contributed by atoms with van der Waals surface area (Å²) in [7, 11) is 1.47. The molecule has 4 aliphatic rings. The minimum absolute atomic E-state index is 0.0812. The first-order chi connectivity index (χ1) is 8.69. The highest BCUT2D eigenvalue weighted by Crippen LogP contribution is 2.55. The van der Waals surface area contributed by atoms with Gasteiger partial charge in [-0.3, -0.25) is 4.79 Å². The fourth-order valence-electron chi connectivity index (χ4n) is 5.02. The Morgan fingerprint density at radius 3 is 2.22 bits per heavy atom. The number of rotatable bonds is 5. The van der Waals surface area contributed by atoms with Crippen LogP contribution in [0.5, 0.6) is 0 Å². The predicted molar refractivity (Wildman–Crippen MR) is 70.2 cm³/mol. The minimum Gasteiger partial charge on any atom is -0.469 e. The number of ether oxygens (including phenoxy) is 1. The number of hydrogen-bond acceptors (Lipinski definition) is 3. The van der Waals surface area contributed by atoms with Crippen molar-refractivity contribution in [3.63, 3.8) is 0 Å². The van der Waals surface area contributed by atoms with Gasteiger partial charge in [-0.25, -0.2) is 0 Å². The standard InChI is InChI=1S/C15H25NO2/c1-18-14(17)3-2-4-16-15-8-11-5-12(9-15)7-13(6-11)10-15/h11-13,16H,2-10H2,1H3. The lowest BCUT2D eigenvalue weighted by Gasteiger charge is -2.57. The van der Waals surface area contributed by atoms with Gasteiger partial charge in [-0.1, -0.05) is 0 Å². The average Bonchev–Trinajstić information content (AvgIpc) is 2.32. The molecule has 0 aromatic carbocycles. The lowest BCUT2D eigenvalue weighted by molar-refractivity contribution is -0.140. The van der Waals surface area contributed by atoms with Crippen molar-refractivity contribution in [1.29, 1.82) is 0 Å². The zero-order valence-electron chi connectivity index (χ0n) is 11.4. The molecule has 0 heterocycles. The van der Waals surface area contributed by atoms with E-state index in [9.17, 15) is 4.79 Å². The Labute approximate surface area is 110 Å². The van der Waals surface area contributed by atoms with Gasteiger partial charge in [0.2, 0.25) is 0 Å². The normalized spacial score (nSPS) is 41.1. The average molecular weight is 251 g/mol. The van der Waals surface area contributed by atoms with Gasteiger partial charge in [0.25, 0.3) is 0 Å². The highest BCUT2D eigenvalue weighted by Gasteiger charge is 2.50. The third-order valence-corrected chi connectivity index (χ3v) is 5.32. The van der Waals surface area contributed by atoms with E-state index in [0.29, 0.717) is 12.0 Å². The summed E-state index contributed by atoms with van der Waals surface area (Å²) in [5.74, 6) is 2.89. The van der Waals surface area contributed by atoms with Crippen molar-refractivity contribution in [3.8, 4) is 0 Å². The molecule has 0 aliphatic heterocycles. The lowest BCUT2D eigenvalue weighted by Crippen LogP contribution is -2.58. The predicted octanol–water partition coefficient (Wildman–Crippen LogP) is 2.50. The number of methoxy groups -OCH3 is 1. The molecule has 1 N–H and O–H groups in total. The van der Waals surface area contributed by atoms with Crippen LogP contribution in [0.15, 0.2) is 0 Å². The Balaban J connectivity index is 1.49. The smallest absolute Gasteiger partial charge is 0.305 e. The van der Waals surface area contributed by atoms with Gasteiger partial charge in [0.05, 0.1) is 7.11 Å². The van der Waals surface area contributed by atoms with Crippen LogP contribution in [0.2, 0.25) is 0 Å². The first-order valence-electron chi connectivity index (χ1n) is 7.51. The zero-order chi connectivity index (χ0) is 12.6. The first-order valence-corrected chi connectivity index (χ1v) is 7.51. The van der Waals surface area contributed by atoms with Gasteiger partial charge < -0.3 is 10.1 Å². The van der Waals surface area contributed by atoms with Gasteiger partial charge in [-0.05, 0) is 69.2 Å². The van der Waals surface area contributed by atoms with Crippen LogP contribution in [0, 0.1) is 17.8 Å².